The largest absolute Gasteiger partial charge is 0.486 e. The van der Waals surface area contributed by atoms with E-state index in [0.29, 0.717) is 28.1 Å². The first kappa shape index (κ1) is 14.0. The Bertz CT molecular complexity index is 568. The maximum atomic E-state index is 6.07. The van der Waals surface area contributed by atoms with Gasteiger partial charge in [-0.05, 0) is 31.5 Å². The molecule has 0 amide bonds. The number of benzene rings is 2. The van der Waals surface area contributed by atoms with E-state index in [9.17, 15) is 0 Å². The number of ether oxygens (including phenoxy) is 1. The van der Waals surface area contributed by atoms with Crippen molar-refractivity contribution in [2.75, 3.05) is 5.73 Å². The molecule has 0 atom stereocenters. The minimum absolute atomic E-state index is 0.422. The van der Waals surface area contributed by atoms with Crippen molar-refractivity contribution in [3.8, 4) is 5.75 Å². The first-order valence-electron chi connectivity index (χ1n) is 5.90. The summed E-state index contributed by atoms with van der Waals surface area (Å²) >= 11 is 12.1. The molecule has 2 aromatic carbocycles. The second-order valence-electron chi connectivity index (χ2n) is 4.60. The van der Waals surface area contributed by atoms with E-state index in [0.717, 1.165) is 5.56 Å². The van der Waals surface area contributed by atoms with Gasteiger partial charge in [0.25, 0.3) is 0 Å². The van der Waals surface area contributed by atoms with Crippen molar-refractivity contribution in [3.63, 3.8) is 0 Å². The fraction of sp³-hybridized carbons (Fsp3) is 0.200. The quantitative estimate of drug-likeness (QED) is 0.828. The molecule has 0 saturated heterocycles. The van der Waals surface area contributed by atoms with E-state index in [1.807, 2.05) is 0 Å². The third-order valence-corrected chi connectivity index (χ3v) is 3.25. The molecule has 2 rings (SSSR count). The lowest BCUT2D eigenvalue weighted by Crippen LogP contribution is -1.98. The fourth-order valence-corrected chi connectivity index (χ4v) is 2.64. The molecule has 0 bridgehead atoms. The average molecular weight is 296 g/mol. The van der Waals surface area contributed by atoms with E-state index in [-0.39, 0.29) is 0 Å². The number of hydrogen-bond donors (Lipinski definition) is 1. The Hall–Kier alpha value is -1.38. The van der Waals surface area contributed by atoms with Crippen LogP contribution >= 0.6 is 23.2 Å². The molecule has 100 valence electrons. The number of aryl methyl sites for hydroxylation is 2. The molecule has 2 N–H and O–H groups in total. The molecule has 0 heterocycles. The van der Waals surface area contributed by atoms with Gasteiger partial charge in [-0.1, -0.05) is 52.5 Å². The van der Waals surface area contributed by atoms with Crippen LogP contribution in [-0.4, -0.2) is 0 Å². The molecule has 0 spiro atoms. The molecule has 19 heavy (non-hydrogen) atoms. The first-order chi connectivity index (χ1) is 8.95. The molecular formula is C15H15Cl2NO. The predicted octanol–water partition coefficient (Wildman–Crippen LogP) is 4.77. The topological polar surface area (TPSA) is 35.2 Å². The van der Waals surface area contributed by atoms with Crippen molar-refractivity contribution >= 4 is 28.9 Å². The Morgan fingerprint density at radius 2 is 1.47 bits per heavy atom. The number of hydrogen-bond acceptors (Lipinski definition) is 2. The zero-order chi connectivity index (χ0) is 14.0. The molecular weight excluding hydrogens is 281 g/mol. The standard InChI is InChI=1S/C15H15Cl2NO/c1-9-3-10(2)5-11(4-9)8-19-15-13(16)6-12(18)7-14(15)17/h3-7H,8,18H2,1-2H3. The third kappa shape index (κ3) is 3.55. The van der Waals surface area contributed by atoms with Crippen molar-refractivity contribution in [2.45, 2.75) is 20.5 Å². The summed E-state index contributed by atoms with van der Waals surface area (Å²) in [5.41, 5.74) is 9.66. The van der Waals surface area contributed by atoms with E-state index in [1.54, 1.807) is 12.1 Å². The highest BCUT2D eigenvalue weighted by Gasteiger charge is 2.09. The van der Waals surface area contributed by atoms with Gasteiger partial charge in [0.05, 0.1) is 10.0 Å². The second-order valence-corrected chi connectivity index (χ2v) is 5.41. The molecule has 0 unspecified atom stereocenters. The van der Waals surface area contributed by atoms with Crippen LogP contribution in [0.3, 0.4) is 0 Å². The van der Waals surface area contributed by atoms with E-state index in [4.69, 9.17) is 33.7 Å². The molecule has 0 aliphatic carbocycles. The predicted molar refractivity (Wildman–Crippen MR) is 81.1 cm³/mol. The maximum absolute atomic E-state index is 6.07. The lowest BCUT2D eigenvalue weighted by atomic mass is 10.1. The van der Waals surface area contributed by atoms with Gasteiger partial charge in [-0.3, -0.25) is 0 Å². The minimum Gasteiger partial charge on any atom is -0.486 e. The molecule has 2 aromatic rings. The van der Waals surface area contributed by atoms with Crippen molar-refractivity contribution in [2.24, 2.45) is 0 Å². The fourth-order valence-electron chi connectivity index (χ4n) is 2.03. The van der Waals surface area contributed by atoms with Gasteiger partial charge in [-0.2, -0.15) is 0 Å². The van der Waals surface area contributed by atoms with Crippen LogP contribution in [0.25, 0.3) is 0 Å². The Labute approximate surface area is 123 Å². The number of rotatable bonds is 3. The molecule has 0 aliphatic heterocycles. The summed E-state index contributed by atoms with van der Waals surface area (Å²) in [6.07, 6.45) is 0. The third-order valence-electron chi connectivity index (χ3n) is 2.69. The van der Waals surface area contributed by atoms with Crippen molar-refractivity contribution < 1.29 is 4.74 Å². The van der Waals surface area contributed by atoms with E-state index < -0.39 is 0 Å². The highest BCUT2D eigenvalue weighted by atomic mass is 35.5. The van der Waals surface area contributed by atoms with Crippen LogP contribution < -0.4 is 10.5 Å². The minimum atomic E-state index is 0.422. The SMILES string of the molecule is Cc1cc(C)cc(COc2c(Cl)cc(N)cc2Cl)c1. The van der Waals surface area contributed by atoms with Gasteiger partial charge in [0.15, 0.2) is 5.75 Å². The summed E-state index contributed by atoms with van der Waals surface area (Å²) in [6, 6.07) is 9.53. The Morgan fingerprint density at radius 3 is 2.00 bits per heavy atom. The summed E-state index contributed by atoms with van der Waals surface area (Å²) in [5.74, 6) is 0.469. The van der Waals surface area contributed by atoms with Crippen molar-refractivity contribution in [3.05, 3.63) is 57.1 Å². The Balaban J connectivity index is 2.19. The van der Waals surface area contributed by atoms with Crippen LogP contribution in [0.2, 0.25) is 10.0 Å². The summed E-state index contributed by atoms with van der Waals surface area (Å²) in [5, 5.41) is 0.851. The van der Waals surface area contributed by atoms with Crippen molar-refractivity contribution in [1.82, 2.24) is 0 Å². The molecule has 0 radical (unpaired) electrons. The summed E-state index contributed by atoms with van der Waals surface area (Å²) < 4.78 is 5.70. The number of anilines is 1. The molecule has 4 heteroatoms. The summed E-state index contributed by atoms with van der Waals surface area (Å²) in [4.78, 5) is 0. The zero-order valence-corrected chi connectivity index (χ0v) is 12.3. The Morgan fingerprint density at radius 1 is 0.947 bits per heavy atom. The highest BCUT2D eigenvalue weighted by molar-refractivity contribution is 6.37. The Kier molecular flexibility index (Phi) is 4.23. The average Bonchev–Trinajstić information content (AvgIpc) is 2.25. The smallest absolute Gasteiger partial charge is 0.157 e. The number of halogens is 2. The van der Waals surface area contributed by atoms with Crippen LogP contribution in [0.5, 0.6) is 5.75 Å². The van der Waals surface area contributed by atoms with Gasteiger partial charge >= 0.3 is 0 Å². The molecule has 0 saturated carbocycles. The normalized spacial score (nSPS) is 10.5. The summed E-state index contributed by atoms with van der Waals surface area (Å²) in [6.45, 7) is 4.53. The molecule has 0 fully saturated rings. The lowest BCUT2D eigenvalue weighted by molar-refractivity contribution is 0.306. The molecule has 2 nitrogen and oxygen atoms in total. The lowest BCUT2D eigenvalue weighted by Gasteiger charge is -2.11. The number of nitrogens with two attached hydrogens (primary N) is 1. The zero-order valence-electron chi connectivity index (χ0n) is 10.8. The van der Waals surface area contributed by atoms with Crippen molar-refractivity contribution in [1.29, 1.82) is 0 Å². The van der Waals surface area contributed by atoms with Crippen LogP contribution in [0, 0.1) is 13.8 Å². The van der Waals surface area contributed by atoms with Gasteiger partial charge in [-0.15, -0.1) is 0 Å². The van der Waals surface area contributed by atoms with E-state index in [1.165, 1.54) is 11.1 Å². The monoisotopic (exact) mass is 295 g/mol. The van der Waals surface area contributed by atoms with Gasteiger partial charge in [0, 0.05) is 5.69 Å². The van der Waals surface area contributed by atoms with Crippen LogP contribution in [0.1, 0.15) is 16.7 Å². The molecule has 0 aliphatic rings. The van der Waals surface area contributed by atoms with Crippen LogP contribution in [-0.2, 0) is 6.61 Å². The number of nitrogen functional groups attached to an aromatic ring is 1. The second kappa shape index (κ2) is 5.72. The van der Waals surface area contributed by atoms with Gasteiger partial charge in [-0.25, -0.2) is 0 Å². The van der Waals surface area contributed by atoms with Gasteiger partial charge < -0.3 is 10.5 Å². The highest BCUT2D eigenvalue weighted by Crippen LogP contribution is 2.35. The maximum Gasteiger partial charge on any atom is 0.157 e. The van der Waals surface area contributed by atoms with Gasteiger partial charge in [0.1, 0.15) is 6.61 Å². The van der Waals surface area contributed by atoms with Crippen LogP contribution in [0.4, 0.5) is 5.69 Å². The summed E-state index contributed by atoms with van der Waals surface area (Å²) in [7, 11) is 0. The van der Waals surface area contributed by atoms with Gasteiger partial charge in [0.2, 0.25) is 0 Å². The first-order valence-corrected chi connectivity index (χ1v) is 6.66. The van der Waals surface area contributed by atoms with E-state index in [2.05, 4.69) is 32.0 Å². The van der Waals surface area contributed by atoms with E-state index >= 15 is 0 Å². The molecule has 0 aromatic heterocycles. The van der Waals surface area contributed by atoms with Crippen LogP contribution in [0.15, 0.2) is 30.3 Å².